The Morgan fingerprint density at radius 2 is 0.815 bits per heavy atom. The zero-order valence-electron chi connectivity index (χ0n) is 51.6. The Bertz CT molecular complexity index is 3760. The number of carbonyl (C=O) groups excluding carboxylic acids is 4. The normalized spacial score (nSPS) is 11.1. The summed E-state index contributed by atoms with van der Waals surface area (Å²) >= 11 is 9.03. The summed E-state index contributed by atoms with van der Waals surface area (Å²) < 4.78 is 42.7. The van der Waals surface area contributed by atoms with E-state index in [9.17, 15) is 19.2 Å². The molecule has 0 N–H and O–H groups in total. The van der Waals surface area contributed by atoms with Crippen molar-refractivity contribution in [2.45, 2.75) is 66.7 Å². The van der Waals surface area contributed by atoms with E-state index < -0.39 is 0 Å². The number of carbonyl (C=O) groups is 4. The Morgan fingerprint density at radius 1 is 0.424 bits per heavy atom. The van der Waals surface area contributed by atoms with Crippen molar-refractivity contribution in [1.82, 2.24) is 19.9 Å². The third-order valence-electron chi connectivity index (χ3n) is 12.8. The second kappa shape index (κ2) is 37.6. The average Bonchev–Trinajstić information content (AvgIpc) is 1.99. The average molecular weight is 1350 g/mol. The molecule has 16 nitrogen and oxygen atoms in total. The monoisotopic (exact) mass is 1350 g/mol. The number of nitrogens with zero attached hydrogens (tertiary/aromatic N) is 4. The van der Waals surface area contributed by atoms with Gasteiger partial charge in [-0.25, -0.2) is 39.1 Å². The van der Waals surface area contributed by atoms with E-state index in [1.54, 1.807) is 44.2 Å². The molecule has 0 amide bonds. The molecule has 22 heteroatoms. The number of rotatable bonds is 27. The summed E-state index contributed by atoms with van der Waals surface area (Å²) in [5.41, 5.74) is 7.49. The molecule has 0 unspecified atom stereocenters. The van der Waals surface area contributed by atoms with Crippen LogP contribution in [-0.2, 0) is 31.8 Å². The van der Waals surface area contributed by atoms with Gasteiger partial charge in [0, 0.05) is 61.5 Å². The summed E-state index contributed by atoms with van der Waals surface area (Å²) in [4.78, 5) is 66.6. The molecule has 0 spiro atoms. The van der Waals surface area contributed by atoms with Crippen molar-refractivity contribution in [3.8, 4) is 65.3 Å². The minimum Gasteiger partial charge on any atom is -0.494 e. The molecule has 0 aliphatic heterocycles. The number of esters is 4. The fraction of sp³-hybridized carbons (Fsp3) is 0.257. The van der Waals surface area contributed by atoms with Gasteiger partial charge in [0.25, 0.3) is 0 Å². The van der Waals surface area contributed by atoms with Crippen molar-refractivity contribution in [2.75, 3.05) is 52.9 Å². The fourth-order valence-corrected chi connectivity index (χ4v) is 12.8. The highest BCUT2D eigenvalue weighted by atomic mass is 32.1. The highest BCUT2D eigenvalue weighted by Crippen LogP contribution is 2.30. The van der Waals surface area contributed by atoms with Gasteiger partial charge in [-0.05, 0) is 177 Å². The Balaban J connectivity index is 0.000000158. The standard InChI is InChI=1S/2C18H17NO3S2.C18H17NO3S.C16H19NO3S/c1-2-21-15-5-3-14(4-6-15)17-19-16(12-24-17)18(20)22-9-7-13-8-10-23-11-13;1-2-21-14-7-5-13(6-8-14)17-19-16(12-24-17)18(20)22-10-9-15-4-3-11-23-15;1-2-21-15-9-7-14(8-10-15)17-19-16(12-23-17)18(20)22-11-13-5-3-4-6-13;1-3-5-10-20-16(18)14-11-21-15(17-14)12-6-8-13(9-7-12)19-4-2/h3-6,8,10-12H,2,7,9H2,1H3;3-8,11-12H,2,9-10H2,1H3;3,5-10,12H,2,4,11H2,1H3;6-9,11H,3-5,10H2,1-2H3. The third-order valence-corrected chi connectivity index (χ3v) is 18.1. The van der Waals surface area contributed by atoms with Gasteiger partial charge in [0.2, 0.25) is 0 Å². The first-order chi connectivity index (χ1) is 45.0. The van der Waals surface area contributed by atoms with E-state index in [2.05, 4.69) is 32.2 Å². The van der Waals surface area contributed by atoms with Crippen LogP contribution in [0.25, 0.3) is 42.3 Å². The maximum Gasteiger partial charge on any atom is 0.358 e. The maximum absolute atomic E-state index is 12.1. The van der Waals surface area contributed by atoms with Crippen LogP contribution in [0.4, 0.5) is 0 Å². The second-order valence-electron chi connectivity index (χ2n) is 19.4. The molecule has 0 bridgehead atoms. The number of unbranched alkanes of at least 4 members (excludes halogenated alkanes) is 1. The van der Waals surface area contributed by atoms with Crippen LogP contribution in [-0.4, -0.2) is 96.7 Å². The van der Waals surface area contributed by atoms with E-state index in [0.29, 0.717) is 75.6 Å². The molecule has 0 radical (unpaired) electrons. The Morgan fingerprint density at radius 3 is 1.15 bits per heavy atom. The third kappa shape index (κ3) is 22.1. The summed E-state index contributed by atoms with van der Waals surface area (Å²) in [7, 11) is 0. The summed E-state index contributed by atoms with van der Waals surface area (Å²) in [5.74, 6) is 1.81. The first-order valence-corrected chi connectivity index (χ1v) is 35.2. The van der Waals surface area contributed by atoms with Crippen LogP contribution < -0.4 is 18.9 Å². The van der Waals surface area contributed by atoms with E-state index in [4.69, 9.17) is 37.9 Å². The van der Waals surface area contributed by atoms with Gasteiger partial charge >= 0.3 is 23.9 Å². The molecule has 1 aliphatic carbocycles. The van der Waals surface area contributed by atoms with Crippen LogP contribution in [0.5, 0.6) is 23.0 Å². The van der Waals surface area contributed by atoms with Crippen molar-refractivity contribution in [3.05, 3.63) is 210 Å². The minimum atomic E-state index is -0.389. The molecule has 6 aromatic heterocycles. The number of allylic oxidation sites excluding steroid dienone is 2. The smallest absolute Gasteiger partial charge is 0.358 e. The van der Waals surface area contributed by atoms with Crippen LogP contribution in [0.15, 0.2) is 177 Å². The van der Waals surface area contributed by atoms with E-state index >= 15 is 0 Å². The largest absolute Gasteiger partial charge is 0.494 e. The molecule has 1 aliphatic rings. The number of ether oxygens (including phenoxy) is 8. The molecular weight excluding hydrogens is 1280 g/mol. The molecule has 478 valence electrons. The number of benzene rings is 4. The predicted octanol–water partition coefficient (Wildman–Crippen LogP) is 17.8. The van der Waals surface area contributed by atoms with E-state index in [-0.39, 0.29) is 23.9 Å². The van der Waals surface area contributed by atoms with Crippen LogP contribution in [0.3, 0.4) is 0 Å². The summed E-state index contributed by atoms with van der Waals surface area (Å²) in [6.45, 7) is 13.9. The second-order valence-corrected chi connectivity index (χ2v) is 24.7. The number of aromatic nitrogens is 4. The number of thiazole rings is 4. The summed E-state index contributed by atoms with van der Waals surface area (Å²) in [6, 6.07) is 36.8. The van der Waals surface area contributed by atoms with Crippen molar-refractivity contribution in [3.63, 3.8) is 0 Å². The Labute approximate surface area is 559 Å². The van der Waals surface area contributed by atoms with Crippen molar-refractivity contribution in [1.29, 1.82) is 0 Å². The van der Waals surface area contributed by atoms with Crippen LogP contribution in [0.2, 0.25) is 0 Å². The minimum absolute atomic E-state index is 0.297. The van der Waals surface area contributed by atoms with Gasteiger partial charge in [-0.2, -0.15) is 11.3 Å². The molecule has 92 heavy (non-hydrogen) atoms. The van der Waals surface area contributed by atoms with Crippen molar-refractivity contribution in [2.24, 2.45) is 0 Å². The highest BCUT2D eigenvalue weighted by molar-refractivity contribution is 7.14. The van der Waals surface area contributed by atoms with Gasteiger partial charge in [-0.3, -0.25) is 0 Å². The molecule has 6 heterocycles. The molecule has 0 fully saturated rings. The number of thiophene rings is 2. The van der Waals surface area contributed by atoms with Crippen LogP contribution in [0, 0.1) is 0 Å². The van der Waals surface area contributed by atoms with E-state index in [1.807, 2.05) is 172 Å². The van der Waals surface area contributed by atoms with E-state index in [0.717, 1.165) is 103 Å². The highest BCUT2D eigenvalue weighted by Gasteiger charge is 2.18. The molecule has 4 aromatic carbocycles. The molecule has 11 rings (SSSR count). The zero-order valence-corrected chi connectivity index (χ0v) is 56.5. The SMILES string of the molecule is CCCCOC(=O)c1csc(-c2ccc(OCC)cc2)n1.CCOc1ccc(-c2nc(C(=O)OCC3=CCC=C3)cs2)cc1.CCOc1ccc(-c2nc(C(=O)OCCc3cccs3)cs2)cc1.CCOc1ccc(-c2nc(C(=O)OCCc3ccsc3)cs2)cc1. The van der Waals surface area contributed by atoms with Gasteiger partial charge in [0.15, 0.2) is 22.8 Å². The first kappa shape index (κ1) is 69.3. The predicted molar refractivity (Wildman–Crippen MR) is 369 cm³/mol. The van der Waals surface area contributed by atoms with Gasteiger partial charge in [0.05, 0.1) is 46.2 Å². The van der Waals surface area contributed by atoms with Gasteiger partial charge in [0.1, 0.15) is 49.6 Å². The number of hydrogen-bond acceptors (Lipinski definition) is 22. The molecule has 0 saturated carbocycles. The summed E-state index contributed by atoms with van der Waals surface area (Å²) in [5, 5.41) is 16.2. The van der Waals surface area contributed by atoms with Gasteiger partial charge in [-0.15, -0.1) is 56.7 Å². The molecule has 10 aromatic rings. The van der Waals surface area contributed by atoms with Gasteiger partial charge < -0.3 is 37.9 Å². The summed E-state index contributed by atoms with van der Waals surface area (Å²) in [6.07, 6.45) is 10.3. The lowest BCUT2D eigenvalue weighted by atomic mass is 10.2. The van der Waals surface area contributed by atoms with Crippen molar-refractivity contribution >= 4 is 91.9 Å². The van der Waals surface area contributed by atoms with Crippen LogP contribution in [0.1, 0.15) is 106 Å². The topological polar surface area (TPSA) is 194 Å². The Kier molecular flexibility index (Phi) is 28.3. The lowest BCUT2D eigenvalue weighted by molar-refractivity contribution is 0.0487. The quantitative estimate of drug-likeness (QED) is 0.0268. The molecular formula is C70H70N4O12S6. The fourth-order valence-electron chi connectivity index (χ4n) is 8.21. The zero-order chi connectivity index (χ0) is 64.7. The lowest BCUT2D eigenvalue weighted by Crippen LogP contribution is -2.08. The lowest BCUT2D eigenvalue weighted by Gasteiger charge is -2.03. The first-order valence-electron chi connectivity index (χ1n) is 29.8. The van der Waals surface area contributed by atoms with Crippen LogP contribution >= 0.6 is 68.0 Å². The maximum atomic E-state index is 12.1. The molecule has 0 saturated heterocycles. The van der Waals surface area contributed by atoms with Gasteiger partial charge in [-0.1, -0.05) is 37.6 Å². The number of hydrogen-bond donors (Lipinski definition) is 0. The van der Waals surface area contributed by atoms with E-state index in [1.165, 1.54) is 55.8 Å². The Hall–Kier alpha value is -8.64. The molecule has 0 atom stereocenters. The van der Waals surface area contributed by atoms with Crippen molar-refractivity contribution < 1.29 is 57.1 Å².